The maximum atomic E-state index is 12.5. The van der Waals surface area contributed by atoms with E-state index in [1.54, 1.807) is 0 Å². The fraction of sp³-hybridized carbons (Fsp3) is 0.700. The first kappa shape index (κ1) is 17.4. The maximum absolute atomic E-state index is 12.5. The van der Waals surface area contributed by atoms with Crippen LogP contribution >= 0.6 is 0 Å². The molecule has 1 aromatic heterocycles. The molecule has 4 heteroatoms. The largest absolute Gasteiger partial charge is 0.343 e. The minimum atomic E-state index is 0.348. The molecule has 1 amide bonds. The van der Waals surface area contributed by atoms with Gasteiger partial charge in [0.2, 0.25) is 5.91 Å². The van der Waals surface area contributed by atoms with Gasteiger partial charge in [-0.3, -0.25) is 9.78 Å². The van der Waals surface area contributed by atoms with Crippen LogP contribution in [0.25, 0.3) is 0 Å². The Bertz CT molecular complexity index is 521. The summed E-state index contributed by atoms with van der Waals surface area (Å²) in [5.41, 5.74) is 1.17. The van der Waals surface area contributed by atoms with Gasteiger partial charge in [0, 0.05) is 57.5 Å². The average Bonchev–Trinajstić information content (AvgIpc) is 3.46. The van der Waals surface area contributed by atoms with Gasteiger partial charge in [-0.05, 0) is 49.7 Å². The molecular formula is C20H31N3O. The van der Waals surface area contributed by atoms with Crippen LogP contribution in [0.3, 0.4) is 0 Å². The molecule has 24 heavy (non-hydrogen) atoms. The fourth-order valence-corrected chi connectivity index (χ4v) is 3.80. The molecule has 0 unspecified atom stereocenters. The van der Waals surface area contributed by atoms with E-state index in [1.165, 1.54) is 18.5 Å². The molecule has 1 atom stereocenters. The van der Waals surface area contributed by atoms with E-state index in [4.69, 9.17) is 0 Å². The number of piperidine rings is 1. The molecule has 2 aliphatic rings. The van der Waals surface area contributed by atoms with Crippen LogP contribution in [0.15, 0.2) is 24.4 Å². The van der Waals surface area contributed by atoms with Crippen LogP contribution in [0.5, 0.6) is 0 Å². The van der Waals surface area contributed by atoms with E-state index in [0.717, 1.165) is 51.2 Å². The van der Waals surface area contributed by atoms with Gasteiger partial charge in [-0.15, -0.1) is 0 Å². The second-order valence-corrected chi connectivity index (χ2v) is 7.67. The molecule has 2 fully saturated rings. The molecule has 1 aromatic rings. The Hall–Kier alpha value is -1.42. The summed E-state index contributed by atoms with van der Waals surface area (Å²) in [4.78, 5) is 21.4. The molecule has 0 N–H and O–H groups in total. The van der Waals surface area contributed by atoms with Crippen molar-refractivity contribution in [1.82, 2.24) is 14.8 Å². The SMILES string of the molecule is C[C@@H](CC(=O)N(C)C1CCN(CCc2ccccn2)CC1)C1CC1. The van der Waals surface area contributed by atoms with Crippen molar-refractivity contribution >= 4 is 5.91 Å². The van der Waals surface area contributed by atoms with Crippen molar-refractivity contribution < 1.29 is 4.79 Å². The average molecular weight is 329 g/mol. The highest BCUT2D eigenvalue weighted by molar-refractivity contribution is 5.76. The van der Waals surface area contributed by atoms with E-state index in [9.17, 15) is 4.79 Å². The first-order valence-corrected chi connectivity index (χ1v) is 9.51. The van der Waals surface area contributed by atoms with E-state index in [-0.39, 0.29) is 0 Å². The molecule has 3 rings (SSSR count). The summed E-state index contributed by atoms with van der Waals surface area (Å²) in [6, 6.07) is 6.54. The third-order valence-electron chi connectivity index (χ3n) is 5.83. The van der Waals surface area contributed by atoms with Gasteiger partial charge in [-0.1, -0.05) is 13.0 Å². The lowest BCUT2D eigenvalue weighted by molar-refractivity contribution is -0.133. The summed E-state index contributed by atoms with van der Waals surface area (Å²) in [6.45, 7) is 5.49. The van der Waals surface area contributed by atoms with E-state index in [0.29, 0.717) is 17.9 Å². The predicted octanol–water partition coefficient (Wildman–Crippen LogP) is 2.98. The number of rotatable bonds is 7. The Morgan fingerprint density at radius 2 is 2.04 bits per heavy atom. The van der Waals surface area contributed by atoms with Crippen molar-refractivity contribution in [2.24, 2.45) is 11.8 Å². The quantitative estimate of drug-likeness (QED) is 0.771. The summed E-state index contributed by atoms with van der Waals surface area (Å²) >= 11 is 0. The van der Waals surface area contributed by atoms with Crippen molar-refractivity contribution in [3.63, 3.8) is 0 Å². The lowest BCUT2D eigenvalue weighted by atomic mass is 9.99. The monoisotopic (exact) mass is 329 g/mol. The standard InChI is InChI=1S/C20H31N3O/c1-16(17-6-7-17)15-20(24)22(2)19-9-13-23(14-10-19)12-8-18-5-3-4-11-21-18/h3-5,11,16-17,19H,6-10,12-15H2,1-2H3/t16-/m0/s1. The zero-order chi connectivity index (χ0) is 16.9. The topological polar surface area (TPSA) is 36.4 Å². The molecule has 4 nitrogen and oxygen atoms in total. The molecule has 1 saturated heterocycles. The fourth-order valence-electron chi connectivity index (χ4n) is 3.80. The molecule has 0 spiro atoms. The third kappa shape index (κ3) is 4.79. The van der Waals surface area contributed by atoms with Crippen LogP contribution in [-0.4, -0.2) is 53.4 Å². The second kappa shape index (κ2) is 8.11. The summed E-state index contributed by atoms with van der Waals surface area (Å²) in [5, 5.41) is 0. The van der Waals surface area contributed by atoms with Crippen molar-refractivity contribution in [3.8, 4) is 0 Å². The Kier molecular flexibility index (Phi) is 5.88. The number of hydrogen-bond donors (Lipinski definition) is 0. The van der Waals surface area contributed by atoms with Gasteiger partial charge in [-0.25, -0.2) is 0 Å². The number of carbonyl (C=O) groups excluding carboxylic acids is 1. The molecule has 0 aromatic carbocycles. The van der Waals surface area contributed by atoms with Gasteiger partial charge in [0.15, 0.2) is 0 Å². The van der Waals surface area contributed by atoms with Crippen LogP contribution < -0.4 is 0 Å². The Morgan fingerprint density at radius 1 is 1.29 bits per heavy atom. The van der Waals surface area contributed by atoms with E-state index >= 15 is 0 Å². The van der Waals surface area contributed by atoms with Gasteiger partial charge >= 0.3 is 0 Å². The molecule has 2 heterocycles. The zero-order valence-electron chi connectivity index (χ0n) is 15.2. The van der Waals surface area contributed by atoms with Crippen molar-refractivity contribution in [2.45, 2.75) is 51.5 Å². The van der Waals surface area contributed by atoms with Crippen molar-refractivity contribution in [3.05, 3.63) is 30.1 Å². The normalized spacial score (nSPS) is 20.8. The predicted molar refractivity (Wildman–Crippen MR) is 96.7 cm³/mol. The number of carbonyl (C=O) groups is 1. The van der Waals surface area contributed by atoms with Gasteiger partial charge in [0.25, 0.3) is 0 Å². The van der Waals surface area contributed by atoms with Gasteiger partial charge < -0.3 is 9.80 Å². The molecule has 1 saturated carbocycles. The third-order valence-corrected chi connectivity index (χ3v) is 5.83. The molecule has 0 radical (unpaired) electrons. The minimum absolute atomic E-state index is 0.348. The summed E-state index contributed by atoms with van der Waals surface area (Å²) in [6.07, 6.45) is 8.47. The summed E-state index contributed by atoms with van der Waals surface area (Å²) < 4.78 is 0. The highest BCUT2D eigenvalue weighted by Crippen LogP contribution is 2.38. The Labute approximate surface area is 146 Å². The smallest absolute Gasteiger partial charge is 0.222 e. The number of hydrogen-bond acceptors (Lipinski definition) is 3. The Morgan fingerprint density at radius 3 is 2.67 bits per heavy atom. The van der Waals surface area contributed by atoms with Gasteiger partial charge in [0.05, 0.1) is 0 Å². The highest BCUT2D eigenvalue weighted by Gasteiger charge is 2.31. The van der Waals surface area contributed by atoms with E-state index in [1.807, 2.05) is 24.2 Å². The molecule has 0 bridgehead atoms. The number of pyridine rings is 1. The van der Waals surface area contributed by atoms with Crippen LogP contribution in [0, 0.1) is 11.8 Å². The molecule has 132 valence electrons. The lowest BCUT2D eigenvalue weighted by Crippen LogP contribution is -2.46. The van der Waals surface area contributed by atoms with Crippen LogP contribution in [0.1, 0.15) is 44.7 Å². The molecular weight excluding hydrogens is 298 g/mol. The maximum Gasteiger partial charge on any atom is 0.222 e. The minimum Gasteiger partial charge on any atom is -0.343 e. The van der Waals surface area contributed by atoms with E-state index in [2.05, 4.69) is 28.9 Å². The number of nitrogens with zero attached hydrogens (tertiary/aromatic N) is 3. The first-order valence-electron chi connectivity index (χ1n) is 9.51. The summed E-state index contributed by atoms with van der Waals surface area (Å²) in [7, 11) is 2.01. The Balaban J connectivity index is 1.38. The van der Waals surface area contributed by atoms with Crippen molar-refractivity contribution in [1.29, 1.82) is 0 Å². The van der Waals surface area contributed by atoms with Crippen LogP contribution in [0.4, 0.5) is 0 Å². The molecule has 1 aliphatic heterocycles. The van der Waals surface area contributed by atoms with Gasteiger partial charge in [0.1, 0.15) is 0 Å². The van der Waals surface area contributed by atoms with Crippen LogP contribution in [-0.2, 0) is 11.2 Å². The van der Waals surface area contributed by atoms with Crippen LogP contribution in [0.2, 0.25) is 0 Å². The number of likely N-dealkylation sites (tertiary alicyclic amines) is 1. The van der Waals surface area contributed by atoms with E-state index < -0.39 is 0 Å². The lowest BCUT2D eigenvalue weighted by Gasteiger charge is -2.37. The summed E-state index contributed by atoms with van der Waals surface area (Å²) in [5.74, 6) is 1.73. The van der Waals surface area contributed by atoms with Gasteiger partial charge in [-0.2, -0.15) is 0 Å². The number of amides is 1. The first-order chi connectivity index (χ1) is 11.6. The number of aromatic nitrogens is 1. The highest BCUT2D eigenvalue weighted by atomic mass is 16.2. The molecule has 1 aliphatic carbocycles. The second-order valence-electron chi connectivity index (χ2n) is 7.67. The zero-order valence-corrected chi connectivity index (χ0v) is 15.2. The van der Waals surface area contributed by atoms with Crippen molar-refractivity contribution in [2.75, 3.05) is 26.7 Å².